The molecule has 1 aliphatic rings. The number of carbonyl (C=O) groups excluding carboxylic acids is 2. The number of likely N-dealkylation sites (tertiary alicyclic amines) is 1. The Morgan fingerprint density at radius 3 is 2.54 bits per heavy atom. The molecule has 1 aromatic heterocycles. The van der Waals surface area contributed by atoms with Gasteiger partial charge in [-0.05, 0) is 50.5 Å². The van der Waals surface area contributed by atoms with Crippen LogP contribution < -0.4 is 10.6 Å². The number of carbonyl (C=O) groups is 2. The van der Waals surface area contributed by atoms with Gasteiger partial charge in [0.15, 0.2) is 0 Å². The van der Waals surface area contributed by atoms with Gasteiger partial charge in [0.1, 0.15) is 0 Å². The molecule has 2 heterocycles. The van der Waals surface area contributed by atoms with E-state index in [0.717, 1.165) is 42.9 Å². The highest BCUT2D eigenvalue weighted by Crippen LogP contribution is 2.23. The summed E-state index contributed by atoms with van der Waals surface area (Å²) in [6, 6.07) is 10.8. The lowest BCUT2D eigenvalue weighted by molar-refractivity contribution is 0.0793. The number of hydrogen-bond acceptors (Lipinski definition) is 3. The fourth-order valence-corrected chi connectivity index (χ4v) is 3.17. The number of aromatic nitrogens is 1. The predicted molar refractivity (Wildman–Crippen MR) is 101 cm³/mol. The zero-order valence-electron chi connectivity index (χ0n) is 15.2. The largest absolute Gasteiger partial charge is 0.339 e. The summed E-state index contributed by atoms with van der Waals surface area (Å²) in [5.41, 5.74) is 3.66. The smallest absolute Gasteiger partial charge is 0.319 e. The number of nitrogens with one attached hydrogen (secondary N) is 2. The highest BCUT2D eigenvalue weighted by atomic mass is 16.2. The van der Waals surface area contributed by atoms with Gasteiger partial charge in [0.05, 0.1) is 23.5 Å². The molecule has 6 nitrogen and oxygen atoms in total. The maximum atomic E-state index is 12.8. The normalized spacial score (nSPS) is 13.5. The summed E-state index contributed by atoms with van der Waals surface area (Å²) in [7, 11) is 0. The summed E-state index contributed by atoms with van der Waals surface area (Å²) in [6.07, 6.45) is 2.06. The van der Waals surface area contributed by atoms with Crippen LogP contribution >= 0.6 is 0 Å². The fraction of sp³-hybridized carbons (Fsp3) is 0.350. The Hall–Kier alpha value is -2.89. The molecule has 2 aromatic rings. The van der Waals surface area contributed by atoms with Crippen molar-refractivity contribution in [2.24, 2.45) is 0 Å². The van der Waals surface area contributed by atoms with Gasteiger partial charge in [-0.15, -0.1) is 0 Å². The van der Waals surface area contributed by atoms with Gasteiger partial charge in [0, 0.05) is 18.8 Å². The molecule has 0 atom stereocenters. The standard InChI is InChI=1S/C20H24N4O2/c1-14-7-5-10-17(18(14)19(25)24-11-3-4-12-24)23-20(26)21-13-16-9-6-8-15(2)22-16/h5-10H,3-4,11-13H2,1-2H3,(H2,21,23,26). The van der Waals surface area contributed by atoms with Gasteiger partial charge in [0.2, 0.25) is 0 Å². The van der Waals surface area contributed by atoms with Crippen LogP contribution in [0.15, 0.2) is 36.4 Å². The zero-order chi connectivity index (χ0) is 18.5. The molecule has 1 fully saturated rings. The molecule has 3 amide bonds. The van der Waals surface area contributed by atoms with Crippen molar-refractivity contribution in [2.75, 3.05) is 18.4 Å². The van der Waals surface area contributed by atoms with Crippen molar-refractivity contribution in [3.63, 3.8) is 0 Å². The van der Waals surface area contributed by atoms with Crippen molar-refractivity contribution in [1.29, 1.82) is 0 Å². The van der Waals surface area contributed by atoms with Crippen LogP contribution in [0, 0.1) is 13.8 Å². The van der Waals surface area contributed by atoms with Crippen LogP contribution in [-0.4, -0.2) is 34.9 Å². The topological polar surface area (TPSA) is 74.3 Å². The SMILES string of the molecule is Cc1cccc(CNC(=O)Nc2cccc(C)c2C(=O)N2CCCC2)n1. The number of pyridine rings is 1. The van der Waals surface area contributed by atoms with Gasteiger partial charge in [-0.25, -0.2) is 4.79 Å². The summed E-state index contributed by atoms with van der Waals surface area (Å²) in [6.45, 7) is 5.68. The summed E-state index contributed by atoms with van der Waals surface area (Å²) in [5, 5.41) is 5.61. The third-order valence-electron chi connectivity index (χ3n) is 4.50. The number of rotatable bonds is 4. The average Bonchev–Trinajstić information content (AvgIpc) is 3.14. The molecule has 3 rings (SSSR count). The molecule has 2 N–H and O–H groups in total. The first-order valence-electron chi connectivity index (χ1n) is 8.91. The molecule has 0 bridgehead atoms. The van der Waals surface area contributed by atoms with Gasteiger partial charge in [0.25, 0.3) is 5.91 Å². The molecule has 0 saturated carbocycles. The maximum Gasteiger partial charge on any atom is 0.319 e. The molecule has 1 aliphatic heterocycles. The molecular formula is C20H24N4O2. The van der Waals surface area contributed by atoms with E-state index in [2.05, 4.69) is 15.6 Å². The monoisotopic (exact) mass is 352 g/mol. The zero-order valence-corrected chi connectivity index (χ0v) is 15.2. The van der Waals surface area contributed by atoms with Gasteiger partial charge in [-0.2, -0.15) is 0 Å². The van der Waals surface area contributed by atoms with Crippen LogP contribution in [0.5, 0.6) is 0 Å². The van der Waals surface area contributed by atoms with Crippen molar-refractivity contribution >= 4 is 17.6 Å². The van der Waals surface area contributed by atoms with E-state index in [1.54, 1.807) is 6.07 Å². The molecule has 1 aromatic carbocycles. The highest BCUT2D eigenvalue weighted by molar-refractivity contribution is 6.04. The second-order valence-corrected chi connectivity index (χ2v) is 6.57. The number of anilines is 1. The van der Waals surface area contributed by atoms with Crippen LogP contribution in [0.4, 0.5) is 10.5 Å². The molecule has 26 heavy (non-hydrogen) atoms. The number of nitrogens with zero attached hydrogens (tertiary/aromatic N) is 2. The van der Waals surface area contributed by atoms with Crippen LogP contribution in [0.1, 0.15) is 40.2 Å². The van der Waals surface area contributed by atoms with Crippen molar-refractivity contribution in [3.05, 3.63) is 58.9 Å². The molecular weight excluding hydrogens is 328 g/mol. The summed E-state index contributed by atoms with van der Waals surface area (Å²) < 4.78 is 0. The Labute approximate surface area is 153 Å². The summed E-state index contributed by atoms with van der Waals surface area (Å²) in [5.74, 6) is -0.0174. The minimum absolute atomic E-state index is 0.0174. The first kappa shape index (κ1) is 17.9. The van der Waals surface area contributed by atoms with E-state index < -0.39 is 0 Å². The minimum Gasteiger partial charge on any atom is -0.339 e. The molecule has 0 aliphatic carbocycles. The van der Waals surface area contributed by atoms with Crippen LogP contribution in [0.3, 0.4) is 0 Å². The second kappa shape index (κ2) is 7.99. The summed E-state index contributed by atoms with van der Waals surface area (Å²) >= 11 is 0. The Morgan fingerprint density at radius 1 is 1.08 bits per heavy atom. The lowest BCUT2D eigenvalue weighted by atomic mass is 10.1. The third-order valence-corrected chi connectivity index (χ3v) is 4.50. The van der Waals surface area contributed by atoms with Crippen molar-refractivity contribution < 1.29 is 9.59 Å². The van der Waals surface area contributed by atoms with E-state index in [1.807, 2.05) is 49.1 Å². The Bertz CT molecular complexity index is 813. The molecule has 0 unspecified atom stereocenters. The van der Waals surface area contributed by atoms with E-state index in [0.29, 0.717) is 17.8 Å². The van der Waals surface area contributed by atoms with Crippen molar-refractivity contribution in [1.82, 2.24) is 15.2 Å². The van der Waals surface area contributed by atoms with Gasteiger partial charge >= 0.3 is 6.03 Å². The van der Waals surface area contributed by atoms with Crippen LogP contribution in [0.25, 0.3) is 0 Å². The third kappa shape index (κ3) is 4.20. The van der Waals surface area contributed by atoms with Gasteiger partial charge in [-0.3, -0.25) is 9.78 Å². The quantitative estimate of drug-likeness (QED) is 0.887. The van der Waals surface area contributed by atoms with E-state index >= 15 is 0 Å². The lowest BCUT2D eigenvalue weighted by Crippen LogP contribution is -2.32. The summed E-state index contributed by atoms with van der Waals surface area (Å²) in [4.78, 5) is 31.3. The van der Waals surface area contributed by atoms with E-state index in [-0.39, 0.29) is 11.9 Å². The number of benzene rings is 1. The molecule has 6 heteroatoms. The molecule has 0 spiro atoms. The Balaban J connectivity index is 1.69. The highest BCUT2D eigenvalue weighted by Gasteiger charge is 2.24. The van der Waals surface area contributed by atoms with Crippen molar-refractivity contribution in [2.45, 2.75) is 33.2 Å². The Kier molecular flexibility index (Phi) is 5.51. The predicted octanol–water partition coefficient (Wildman–Crippen LogP) is 3.26. The number of amides is 3. The van der Waals surface area contributed by atoms with E-state index in [9.17, 15) is 9.59 Å². The maximum absolute atomic E-state index is 12.8. The van der Waals surface area contributed by atoms with Gasteiger partial charge in [-0.1, -0.05) is 18.2 Å². The number of urea groups is 1. The van der Waals surface area contributed by atoms with Crippen LogP contribution in [0.2, 0.25) is 0 Å². The first-order valence-corrected chi connectivity index (χ1v) is 8.91. The van der Waals surface area contributed by atoms with Gasteiger partial charge < -0.3 is 15.5 Å². The first-order chi connectivity index (χ1) is 12.5. The average molecular weight is 352 g/mol. The molecule has 136 valence electrons. The lowest BCUT2D eigenvalue weighted by Gasteiger charge is -2.19. The van der Waals surface area contributed by atoms with Crippen LogP contribution in [-0.2, 0) is 6.54 Å². The van der Waals surface area contributed by atoms with E-state index in [4.69, 9.17) is 0 Å². The number of aryl methyl sites for hydroxylation is 2. The molecule has 0 radical (unpaired) electrons. The van der Waals surface area contributed by atoms with E-state index in [1.165, 1.54) is 0 Å². The fourth-order valence-electron chi connectivity index (χ4n) is 3.17. The second-order valence-electron chi connectivity index (χ2n) is 6.57. The van der Waals surface area contributed by atoms with Crippen molar-refractivity contribution in [3.8, 4) is 0 Å². The Morgan fingerprint density at radius 2 is 1.81 bits per heavy atom. The number of hydrogen-bond donors (Lipinski definition) is 2. The minimum atomic E-state index is -0.352. The molecule has 1 saturated heterocycles.